The van der Waals surface area contributed by atoms with Crippen LogP contribution in [-0.4, -0.2) is 56.6 Å². The van der Waals surface area contributed by atoms with Crippen LogP contribution >= 0.6 is 15.9 Å². The second-order valence-corrected chi connectivity index (χ2v) is 13.3. The van der Waals surface area contributed by atoms with E-state index in [4.69, 9.17) is 18.6 Å². The van der Waals surface area contributed by atoms with E-state index in [9.17, 15) is 0 Å². The summed E-state index contributed by atoms with van der Waals surface area (Å²) in [7, 11) is -0.654. The molecule has 6 rings (SSSR count). The summed E-state index contributed by atoms with van der Waals surface area (Å²) in [5, 5.41) is 12.0. The van der Waals surface area contributed by atoms with Crippen molar-refractivity contribution in [3.63, 3.8) is 0 Å². The van der Waals surface area contributed by atoms with Crippen LogP contribution in [0.1, 0.15) is 66.5 Å². The van der Waals surface area contributed by atoms with Gasteiger partial charge in [0.15, 0.2) is 0 Å². The summed E-state index contributed by atoms with van der Waals surface area (Å²) in [5.74, 6) is 0. The van der Waals surface area contributed by atoms with Gasteiger partial charge in [-0.2, -0.15) is 10.2 Å². The molecule has 4 heterocycles. The van der Waals surface area contributed by atoms with Crippen LogP contribution < -0.4 is 10.9 Å². The summed E-state index contributed by atoms with van der Waals surface area (Å²) in [4.78, 5) is 0. The number of nitrogens with zero attached hydrogens (tertiary/aromatic N) is 3. The Morgan fingerprint density at radius 1 is 0.674 bits per heavy atom. The molecule has 0 unspecified atom stereocenters. The molecule has 0 amide bonds. The molecular weight excluding hydrogens is 606 g/mol. The van der Waals surface area contributed by atoms with Crippen LogP contribution in [0.25, 0.3) is 0 Å². The molecule has 0 atom stereocenters. The fourth-order valence-electron chi connectivity index (χ4n) is 4.27. The average Bonchev–Trinajstić information content (AvgIpc) is 3.73. The van der Waals surface area contributed by atoms with Crippen molar-refractivity contribution in [1.29, 1.82) is 0 Å². The zero-order valence-corrected chi connectivity index (χ0v) is 28.1. The Labute approximate surface area is 265 Å². The van der Waals surface area contributed by atoms with Crippen molar-refractivity contribution in [2.75, 3.05) is 0 Å². The maximum atomic E-state index is 6.04. The molecular formula is C32H43B2BrN4O4. The van der Waals surface area contributed by atoms with Crippen LogP contribution in [-0.2, 0) is 30.5 Å². The zero-order valence-electron chi connectivity index (χ0n) is 26.5. The van der Waals surface area contributed by atoms with E-state index in [1.54, 1.807) is 12.4 Å². The maximum absolute atomic E-state index is 6.04. The molecule has 0 aliphatic carbocycles. The van der Waals surface area contributed by atoms with E-state index in [0.717, 1.165) is 22.8 Å². The van der Waals surface area contributed by atoms with Gasteiger partial charge in [-0.15, -0.1) is 0 Å². The van der Waals surface area contributed by atoms with Crippen LogP contribution in [0.15, 0.2) is 85.5 Å². The smallest absolute Gasteiger partial charge is 0.399 e. The first-order valence-electron chi connectivity index (χ1n) is 14.6. The first-order valence-corrected chi connectivity index (χ1v) is 15.7. The summed E-state index contributed by atoms with van der Waals surface area (Å²) in [6, 6.07) is 20.6. The number of hydrogen-bond donors (Lipinski definition) is 1. The summed E-state index contributed by atoms with van der Waals surface area (Å²) in [5.41, 5.74) is 3.24. The van der Waals surface area contributed by atoms with Crippen molar-refractivity contribution in [3.05, 3.63) is 96.6 Å². The van der Waals surface area contributed by atoms with Crippen molar-refractivity contribution >= 4 is 41.1 Å². The number of benzene rings is 2. The number of alkyl halides is 1. The summed E-state index contributed by atoms with van der Waals surface area (Å²) in [6.45, 7) is 17.1. The van der Waals surface area contributed by atoms with Crippen molar-refractivity contribution < 1.29 is 18.6 Å². The monoisotopic (exact) mass is 648 g/mol. The quantitative estimate of drug-likeness (QED) is 0.227. The van der Waals surface area contributed by atoms with Crippen molar-refractivity contribution in [2.45, 2.75) is 89.7 Å². The molecule has 0 bridgehead atoms. The number of H-pyrrole nitrogens is 1. The molecule has 2 aromatic heterocycles. The zero-order chi connectivity index (χ0) is 31.3. The Hall–Kier alpha value is -2.69. The number of nitrogens with one attached hydrogen (secondary N) is 1. The third-order valence-corrected chi connectivity index (χ3v) is 9.06. The van der Waals surface area contributed by atoms with Crippen LogP contribution in [0.5, 0.6) is 0 Å². The number of halogens is 1. The lowest BCUT2D eigenvalue weighted by molar-refractivity contribution is 0.00578. The highest BCUT2D eigenvalue weighted by Gasteiger charge is 2.53. The first kappa shape index (κ1) is 33.2. The Kier molecular flexibility index (Phi) is 10.4. The minimum absolute atomic E-state index is 0.283. The molecule has 2 aliphatic heterocycles. The normalized spacial score (nSPS) is 19.3. The molecule has 2 fully saturated rings. The minimum Gasteiger partial charge on any atom is -0.399 e. The number of aromatic amines is 1. The van der Waals surface area contributed by atoms with Gasteiger partial charge in [-0.25, -0.2) is 0 Å². The number of aromatic nitrogens is 4. The third-order valence-electron chi connectivity index (χ3n) is 8.41. The Bertz CT molecular complexity index is 1380. The van der Waals surface area contributed by atoms with Gasteiger partial charge < -0.3 is 18.6 Å². The SMILES string of the molecule is BrCc1ccccc1.CC1(C)OB(c2cn[nH]c2)OC1(C)C.CC1(C)OB(c2cnn(Cc3ccccc3)c2)OC1(C)C. The lowest BCUT2D eigenvalue weighted by atomic mass is 9.82. The predicted molar refractivity (Wildman–Crippen MR) is 177 cm³/mol. The Balaban J connectivity index is 0.000000165. The molecule has 228 valence electrons. The molecule has 43 heavy (non-hydrogen) atoms. The standard InChI is InChI=1S/C16H21BN2O2.C9H15BN2O2.C7H7Br/c1-15(2)16(3,4)21-17(20-15)14-10-18-19(12-14)11-13-8-6-5-7-9-13;1-8(2)9(3,4)14-10(13-8)7-5-11-12-6-7;8-6-7-4-2-1-3-5-7/h5-10,12H,11H2,1-4H3;5-6H,1-4H3,(H,11,12);1-5H,6H2. The molecule has 0 radical (unpaired) electrons. The molecule has 8 nitrogen and oxygen atoms in total. The van der Waals surface area contributed by atoms with Crippen molar-refractivity contribution in [2.24, 2.45) is 0 Å². The van der Waals surface area contributed by atoms with E-state index in [2.05, 4.69) is 83.2 Å². The summed E-state index contributed by atoms with van der Waals surface area (Å²) in [6.07, 6.45) is 7.34. The highest BCUT2D eigenvalue weighted by molar-refractivity contribution is 9.08. The fraction of sp³-hybridized carbons (Fsp3) is 0.438. The van der Waals surface area contributed by atoms with Crippen LogP contribution in [0.4, 0.5) is 0 Å². The first-order chi connectivity index (χ1) is 20.2. The van der Waals surface area contributed by atoms with Gasteiger partial charge in [0.2, 0.25) is 0 Å². The highest BCUT2D eigenvalue weighted by atomic mass is 79.9. The van der Waals surface area contributed by atoms with Gasteiger partial charge in [0, 0.05) is 41.0 Å². The predicted octanol–water partition coefficient (Wildman–Crippen LogP) is 5.52. The van der Waals surface area contributed by atoms with Crippen LogP contribution in [0.2, 0.25) is 0 Å². The topological polar surface area (TPSA) is 83.4 Å². The van der Waals surface area contributed by atoms with Crippen molar-refractivity contribution in [1.82, 2.24) is 20.0 Å². The Morgan fingerprint density at radius 3 is 1.56 bits per heavy atom. The molecule has 2 saturated heterocycles. The lowest BCUT2D eigenvalue weighted by Gasteiger charge is -2.32. The molecule has 2 aromatic carbocycles. The van der Waals surface area contributed by atoms with Gasteiger partial charge in [-0.05, 0) is 66.5 Å². The van der Waals surface area contributed by atoms with Gasteiger partial charge in [-0.3, -0.25) is 9.78 Å². The summed E-state index contributed by atoms with van der Waals surface area (Å²) >= 11 is 3.36. The molecule has 4 aromatic rings. The van der Waals surface area contributed by atoms with Gasteiger partial charge in [0.1, 0.15) is 0 Å². The van der Waals surface area contributed by atoms with E-state index in [1.807, 2.05) is 81.2 Å². The van der Waals surface area contributed by atoms with E-state index in [-0.39, 0.29) is 36.6 Å². The highest BCUT2D eigenvalue weighted by Crippen LogP contribution is 2.37. The van der Waals surface area contributed by atoms with Gasteiger partial charge in [0.05, 0.1) is 28.9 Å². The Morgan fingerprint density at radius 2 is 1.14 bits per heavy atom. The van der Waals surface area contributed by atoms with Crippen LogP contribution in [0.3, 0.4) is 0 Å². The van der Waals surface area contributed by atoms with E-state index in [1.165, 1.54) is 11.1 Å². The average molecular weight is 649 g/mol. The third kappa shape index (κ3) is 8.28. The van der Waals surface area contributed by atoms with E-state index in [0.29, 0.717) is 0 Å². The minimum atomic E-state index is -0.348. The van der Waals surface area contributed by atoms with Gasteiger partial charge >= 0.3 is 14.2 Å². The van der Waals surface area contributed by atoms with E-state index >= 15 is 0 Å². The lowest BCUT2D eigenvalue weighted by Crippen LogP contribution is -2.41. The fourth-order valence-corrected chi connectivity index (χ4v) is 4.65. The summed E-state index contributed by atoms with van der Waals surface area (Å²) < 4.78 is 25.6. The van der Waals surface area contributed by atoms with Crippen LogP contribution in [0, 0.1) is 0 Å². The second kappa shape index (κ2) is 13.5. The maximum Gasteiger partial charge on any atom is 0.498 e. The molecule has 1 N–H and O–H groups in total. The van der Waals surface area contributed by atoms with Crippen molar-refractivity contribution in [3.8, 4) is 0 Å². The molecule has 2 aliphatic rings. The number of hydrogen-bond acceptors (Lipinski definition) is 6. The van der Waals surface area contributed by atoms with E-state index < -0.39 is 0 Å². The molecule has 0 saturated carbocycles. The second-order valence-electron chi connectivity index (χ2n) is 12.8. The molecule has 0 spiro atoms. The van der Waals surface area contributed by atoms with Gasteiger partial charge in [0.25, 0.3) is 0 Å². The largest absolute Gasteiger partial charge is 0.498 e. The molecule has 11 heteroatoms. The van der Waals surface area contributed by atoms with Gasteiger partial charge in [-0.1, -0.05) is 76.6 Å². The number of rotatable bonds is 5.